The molecule has 0 aromatic rings. The molecule has 0 amide bonds. The van der Waals surface area contributed by atoms with Gasteiger partial charge in [0.05, 0.1) is 11.9 Å². The van der Waals surface area contributed by atoms with Gasteiger partial charge < -0.3 is 10.4 Å². The SMILES string of the molecule is CNC(CC1=NC(=S)N=C1)C(=O)O. The summed E-state index contributed by atoms with van der Waals surface area (Å²) in [5.74, 6) is -0.906. The van der Waals surface area contributed by atoms with Crippen LogP contribution in [0.4, 0.5) is 0 Å². The zero-order valence-electron chi connectivity index (χ0n) is 7.02. The van der Waals surface area contributed by atoms with Crippen molar-refractivity contribution < 1.29 is 9.90 Å². The molecule has 0 aromatic heterocycles. The summed E-state index contributed by atoms with van der Waals surface area (Å²) in [4.78, 5) is 18.2. The second kappa shape index (κ2) is 4.20. The van der Waals surface area contributed by atoms with Crippen LogP contribution in [0.5, 0.6) is 0 Å². The second-order valence-electron chi connectivity index (χ2n) is 2.53. The van der Waals surface area contributed by atoms with Crippen molar-refractivity contribution in [1.29, 1.82) is 0 Å². The molecule has 0 saturated carbocycles. The zero-order chi connectivity index (χ0) is 9.84. The van der Waals surface area contributed by atoms with Crippen LogP contribution in [-0.2, 0) is 4.79 Å². The maximum absolute atomic E-state index is 10.6. The zero-order valence-corrected chi connectivity index (χ0v) is 7.84. The Bertz CT molecular complexity index is 298. The third kappa shape index (κ3) is 2.67. The maximum Gasteiger partial charge on any atom is 0.321 e. The topological polar surface area (TPSA) is 74.0 Å². The molecule has 2 N–H and O–H groups in total. The van der Waals surface area contributed by atoms with Crippen molar-refractivity contribution in [1.82, 2.24) is 5.32 Å². The summed E-state index contributed by atoms with van der Waals surface area (Å²) in [6.45, 7) is 0. The lowest BCUT2D eigenvalue weighted by Crippen LogP contribution is -2.35. The first-order valence-corrected chi connectivity index (χ1v) is 4.10. The molecule has 1 unspecified atom stereocenters. The van der Waals surface area contributed by atoms with Crippen LogP contribution >= 0.6 is 12.2 Å². The number of carboxylic acid groups (broad SMARTS) is 1. The third-order valence-electron chi connectivity index (χ3n) is 1.62. The molecule has 1 aliphatic rings. The molecule has 1 heterocycles. The molecular weight excluding hydrogens is 190 g/mol. The van der Waals surface area contributed by atoms with E-state index in [2.05, 4.69) is 15.3 Å². The Labute approximate surface area is 80.6 Å². The van der Waals surface area contributed by atoms with E-state index in [1.54, 1.807) is 7.05 Å². The molecule has 1 atom stereocenters. The summed E-state index contributed by atoms with van der Waals surface area (Å²) >= 11 is 4.70. The molecule has 13 heavy (non-hydrogen) atoms. The Morgan fingerprint density at radius 3 is 2.92 bits per heavy atom. The van der Waals surface area contributed by atoms with Crippen molar-refractivity contribution in [2.24, 2.45) is 9.98 Å². The first kappa shape index (κ1) is 9.94. The van der Waals surface area contributed by atoms with Gasteiger partial charge in [-0.3, -0.25) is 4.79 Å². The van der Waals surface area contributed by atoms with E-state index >= 15 is 0 Å². The minimum Gasteiger partial charge on any atom is -0.480 e. The first-order valence-electron chi connectivity index (χ1n) is 3.69. The second-order valence-corrected chi connectivity index (χ2v) is 2.89. The van der Waals surface area contributed by atoms with Crippen LogP contribution in [0, 0.1) is 0 Å². The summed E-state index contributed by atoms with van der Waals surface area (Å²) in [5.41, 5.74) is 0.603. The number of thiocarbonyl (C=S) groups is 1. The molecule has 0 aromatic carbocycles. The van der Waals surface area contributed by atoms with Gasteiger partial charge in [0.25, 0.3) is 0 Å². The van der Waals surface area contributed by atoms with Crippen molar-refractivity contribution in [2.75, 3.05) is 7.05 Å². The summed E-state index contributed by atoms with van der Waals surface area (Å²) in [6.07, 6.45) is 1.80. The fourth-order valence-electron chi connectivity index (χ4n) is 0.931. The van der Waals surface area contributed by atoms with Crippen molar-refractivity contribution in [3.05, 3.63) is 0 Å². The van der Waals surface area contributed by atoms with E-state index in [0.717, 1.165) is 0 Å². The Kier molecular flexibility index (Phi) is 3.21. The van der Waals surface area contributed by atoms with Crippen LogP contribution in [0.1, 0.15) is 6.42 Å². The molecule has 0 radical (unpaired) electrons. The van der Waals surface area contributed by atoms with E-state index in [0.29, 0.717) is 12.1 Å². The summed E-state index contributed by atoms with van der Waals surface area (Å²) in [7, 11) is 1.59. The highest BCUT2D eigenvalue weighted by molar-refractivity contribution is 7.80. The number of nitrogens with one attached hydrogen (secondary N) is 1. The van der Waals surface area contributed by atoms with Gasteiger partial charge in [0.1, 0.15) is 6.04 Å². The van der Waals surface area contributed by atoms with Crippen molar-refractivity contribution in [3.63, 3.8) is 0 Å². The van der Waals surface area contributed by atoms with Gasteiger partial charge in [-0.25, -0.2) is 9.98 Å². The molecule has 0 fully saturated rings. The fraction of sp³-hybridized carbons (Fsp3) is 0.429. The van der Waals surface area contributed by atoms with E-state index in [9.17, 15) is 4.79 Å². The highest BCUT2D eigenvalue weighted by Crippen LogP contribution is 2.00. The monoisotopic (exact) mass is 199 g/mol. The summed E-state index contributed by atoms with van der Waals surface area (Å²) < 4.78 is 0. The minimum atomic E-state index is -0.906. The lowest BCUT2D eigenvalue weighted by atomic mass is 10.1. The van der Waals surface area contributed by atoms with Gasteiger partial charge >= 0.3 is 5.97 Å². The van der Waals surface area contributed by atoms with Crippen molar-refractivity contribution in [3.8, 4) is 0 Å². The molecule has 0 saturated heterocycles. The Hall–Kier alpha value is -1.14. The standard InChI is InChI=1S/C7H9N3O2S/c1-8-5(6(11)12)2-4-3-9-7(13)10-4/h3,5,8H,2H2,1H3,(H,11,12). The Morgan fingerprint density at radius 1 is 1.85 bits per heavy atom. The van der Waals surface area contributed by atoms with E-state index in [-0.39, 0.29) is 5.11 Å². The smallest absolute Gasteiger partial charge is 0.321 e. The lowest BCUT2D eigenvalue weighted by molar-refractivity contribution is -0.139. The maximum atomic E-state index is 10.6. The Balaban J connectivity index is 2.57. The van der Waals surface area contributed by atoms with E-state index in [1.807, 2.05) is 0 Å². The summed E-state index contributed by atoms with van der Waals surface area (Å²) in [5, 5.41) is 11.6. The number of hydrogen-bond acceptors (Lipinski definition) is 3. The highest BCUT2D eigenvalue weighted by Gasteiger charge is 2.18. The van der Waals surface area contributed by atoms with Crippen LogP contribution in [0.15, 0.2) is 9.98 Å². The van der Waals surface area contributed by atoms with Gasteiger partial charge in [-0.05, 0) is 19.3 Å². The minimum absolute atomic E-state index is 0.259. The predicted molar refractivity (Wildman–Crippen MR) is 53.6 cm³/mol. The molecule has 0 aliphatic carbocycles. The number of carboxylic acids is 1. The molecule has 1 aliphatic heterocycles. The van der Waals surface area contributed by atoms with Crippen LogP contribution in [-0.4, -0.2) is 41.2 Å². The average molecular weight is 199 g/mol. The Morgan fingerprint density at radius 2 is 2.54 bits per heavy atom. The van der Waals surface area contributed by atoms with Crippen molar-refractivity contribution in [2.45, 2.75) is 12.5 Å². The highest BCUT2D eigenvalue weighted by atomic mass is 32.1. The normalized spacial score (nSPS) is 17.3. The fourth-order valence-corrected chi connectivity index (χ4v) is 1.10. The molecule has 0 bridgehead atoms. The van der Waals surface area contributed by atoms with Gasteiger partial charge in [0.2, 0.25) is 5.11 Å². The van der Waals surface area contributed by atoms with Gasteiger partial charge in [0.15, 0.2) is 0 Å². The van der Waals surface area contributed by atoms with Crippen LogP contribution in [0.3, 0.4) is 0 Å². The number of nitrogens with zero attached hydrogens (tertiary/aromatic N) is 2. The molecule has 0 spiro atoms. The predicted octanol–water partition coefficient (Wildman–Crippen LogP) is -0.141. The molecule has 6 heteroatoms. The average Bonchev–Trinajstić information content (AvgIpc) is 2.46. The quantitative estimate of drug-likeness (QED) is 0.618. The van der Waals surface area contributed by atoms with Crippen molar-refractivity contribution >= 4 is 35.2 Å². The largest absolute Gasteiger partial charge is 0.480 e. The molecular formula is C7H9N3O2S. The number of rotatable bonds is 4. The van der Waals surface area contributed by atoms with E-state index in [4.69, 9.17) is 17.3 Å². The van der Waals surface area contributed by atoms with Gasteiger partial charge in [-0.2, -0.15) is 0 Å². The number of carbonyl (C=O) groups is 1. The first-order chi connectivity index (χ1) is 6.13. The van der Waals surface area contributed by atoms with Crippen LogP contribution in [0.2, 0.25) is 0 Å². The number of aliphatic imine (C=N–C) groups is 2. The number of aliphatic carboxylic acids is 1. The molecule has 5 nitrogen and oxygen atoms in total. The van der Waals surface area contributed by atoms with Gasteiger partial charge in [0, 0.05) is 6.42 Å². The third-order valence-corrected chi connectivity index (χ3v) is 1.82. The van der Waals surface area contributed by atoms with Crippen LogP contribution in [0.25, 0.3) is 0 Å². The van der Waals surface area contributed by atoms with Gasteiger partial charge in [-0.1, -0.05) is 0 Å². The molecule has 70 valence electrons. The lowest BCUT2D eigenvalue weighted by Gasteiger charge is -2.08. The van der Waals surface area contributed by atoms with E-state index < -0.39 is 12.0 Å². The summed E-state index contributed by atoms with van der Waals surface area (Å²) in [6, 6.07) is -0.633. The number of likely N-dealkylation sites (N-methyl/N-ethyl adjacent to an activating group) is 1. The molecule has 1 rings (SSSR count). The van der Waals surface area contributed by atoms with Crippen LogP contribution < -0.4 is 5.32 Å². The number of hydrogen-bond donors (Lipinski definition) is 2. The van der Waals surface area contributed by atoms with E-state index in [1.165, 1.54) is 6.21 Å². The van der Waals surface area contributed by atoms with Gasteiger partial charge in [-0.15, -0.1) is 0 Å².